The average Bonchev–Trinajstić information content (AvgIpc) is 2.41. The molecule has 4 nitrogen and oxygen atoms in total. The third kappa shape index (κ3) is 3.22. The van der Waals surface area contributed by atoms with Crippen molar-refractivity contribution >= 4 is 0 Å². The van der Waals surface area contributed by atoms with Crippen molar-refractivity contribution in [2.24, 2.45) is 0 Å². The molecule has 0 aromatic heterocycles. The lowest BCUT2D eigenvalue weighted by Crippen LogP contribution is -2.50. The first-order chi connectivity index (χ1) is 8.70. The maximum Gasteiger partial charge on any atom is 0.119 e. The molecule has 0 amide bonds. The van der Waals surface area contributed by atoms with Crippen LogP contribution in [0.25, 0.3) is 0 Å². The van der Waals surface area contributed by atoms with Gasteiger partial charge in [0.2, 0.25) is 0 Å². The summed E-state index contributed by atoms with van der Waals surface area (Å²) in [5.74, 6) is 0.792. The van der Waals surface area contributed by atoms with Gasteiger partial charge in [0, 0.05) is 32.2 Å². The number of hydrogen-bond acceptors (Lipinski definition) is 4. The molecule has 0 aliphatic carbocycles. The summed E-state index contributed by atoms with van der Waals surface area (Å²) < 4.78 is 5.18. The molecule has 0 saturated carbocycles. The normalized spacial score (nSPS) is 22.7. The van der Waals surface area contributed by atoms with Gasteiger partial charge >= 0.3 is 0 Å². The Bertz CT molecular complexity index is 384. The van der Waals surface area contributed by atoms with Gasteiger partial charge in [-0.05, 0) is 24.6 Å². The first kappa shape index (κ1) is 13.3. The Morgan fingerprint density at radius 3 is 3.11 bits per heavy atom. The van der Waals surface area contributed by atoms with Crippen molar-refractivity contribution in [2.45, 2.75) is 19.1 Å². The van der Waals surface area contributed by atoms with E-state index in [2.05, 4.69) is 17.1 Å². The topological polar surface area (TPSA) is 44.7 Å². The Morgan fingerprint density at radius 1 is 1.56 bits per heavy atom. The second-order valence-corrected chi connectivity index (χ2v) is 4.84. The van der Waals surface area contributed by atoms with Crippen LogP contribution in [-0.2, 0) is 0 Å². The summed E-state index contributed by atoms with van der Waals surface area (Å²) in [5, 5.41) is 13.6. The molecule has 18 heavy (non-hydrogen) atoms. The molecule has 1 aliphatic rings. The van der Waals surface area contributed by atoms with Crippen molar-refractivity contribution in [2.75, 3.05) is 33.3 Å². The van der Waals surface area contributed by atoms with Gasteiger partial charge in [0.05, 0.1) is 13.2 Å². The first-order valence-corrected chi connectivity index (χ1v) is 6.47. The molecule has 1 saturated heterocycles. The van der Waals surface area contributed by atoms with E-state index in [9.17, 15) is 5.11 Å². The van der Waals surface area contributed by atoms with E-state index in [0.29, 0.717) is 12.6 Å². The lowest BCUT2D eigenvalue weighted by atomic mass is 10.1. The first-order valence-electron chi connectivity index (χ1n) is 6.47. The fourth-order valence-corrected chi connectivity index (χ4v) is 2.33. The van der Waals surface area contributed by atoms with Crippen LogP contribution in [0.1, 0.15) is 18.6 Å². The van der Waals surface area contributed by atoms with Gasteiger partial charge in [-0.15, -0.1) is 0 Å². The number of hydrogen-bond donors (Lipinski definition) is 2. The monoisotopic (exact) mass is 250 g/mol. The van der Waals surface area contributed by atoms with Crippen molar-refractivity contribution < 1.29 is 9.84 Å². The van der Waals surface area contributed by atoms with Gasteiger partial charge in [-0.1, -0.05) is 12.1 Å². The van der Waals surface area contributed by atoms with E-state index in [0.717, 1.165) is 30.9 Å². The smallest absolute Gasteiger partial charge is 0.119 e. The summed E-state index contributed by atoms with van der Waals surface area (Å²) in [6.07, 6.45) is -0.458. The minimum Gasteiger partial charge on any atom is -0.497 e. The largest absolute Gasteiger partial charge is 0.497 e. The van der Waals surface area contributed by atoms with Gasteiger partial charge in [-0.25, -0.2) is 0 Å². The fourth-order valence-electron chi connectivity index (χ4n) is 2.33. The number of nitrogens with one attached hydrogen (secondary N) is 1. The van der Waals surface area contributed by atoms with E-state index in [1.165, 1.54) is 0 Å². The van der Waals surface area contributed by atoms with E-state index in [4.69, 9.17) is 4.74 Å². The number of rotatable bonds is 4. The van der Waals surface area contributed by atoms with E-state index in [1.807, 2.05) is 24.3 Å². The molecule has 1 heterocycles. The molecule has 1 unspecified atom stereocenters. The highest BCUT2D eigenvalue weighted by atomic mass is 16.5. The maximum atomic E-state index is 10.3. The highest BCUT2D eigenvalue weighted by Crippen LogP contribution is 2.20. The molecule has 1 aliphatic heterocycles. The van der Waals surface area contributed by atoms with E-state index < -0.39 is 6.10 Å². The number of piperazine rings is 1. The van der Waals surface area contributed by atoms with Crippen LogP contribution < -0.4 is 10.1 Å². The number of methoxy groups -OCH3 is 1. The molecule has 1 fully saturated rings. The SMILES string of the molecule is COc1cccc(C(O)CN2CCNC[C@H]2C)c1. The average molecular weight is 250 g/mol. The molecule has 1 aromatic carbocycles. The molecule has 4 heteroatoms. The zero-order valence-electron chi connectivity index (χ0n) is 11.1. The van der Waals surface area contributed by atoms with Crippen molar-refractivity contribution in [3.05, 3.63) is 29.8 Å². The summed E-state index contributed by atoms with van der Waals surface area (Å²) in [7, 11) is 1.64. The van der Waals surface area contributed by atoms with Gasteiger partial charge in [0.25, 0.3) is 0 Å². The summed E-state index contributed by atoms with van der Waals surface area (Å²) >= 11 is 0. The predicted molar refractivity (Wildman–Crippen MR) is 71.9 cm³/mol. The minimum atomic E-state index is -0.458. The minimum absolute atomic E-state index is 0.458. The Hall–Kier alpha value is -1.10. The molecule has 0 spiro atoms. The van der Waals surface area contributed by atoms with Gasteiger partial charge < -0.3 is 15.2 Å². The van der Waals surface area contributed by atoms with Gasteiger partial charge in [0.15, 0.2) is 0 Å². The van der Waals surface area contributed by atoms with Crippen LogP contribution in [0, 0.1) is 0 Å². The Morgan fingerprint density at radius 2 is 2.39 bits per heavy atom. The Labute approximate surface area is 109 Å². The summed E-state index contributed by atoms with van der Waals surface area (Å²) in [6, 6.07) is 8.12. The summed E-state index contributed by atoms with van der Waals surface area (Å²) in [6.45, 7) is 5.84. The van der Waals surface area contributed by atoms with Crippen LogP contribution in [0.3, 0.4) is 0 Å². The second kappa shape index (κ2) is 6.18. The number of ether oxygens (including phenoxy) is 1. The number of nitrogens with zero attached hydrogens (tertiary/aromatic N) is 1. The summed E-state index contributed by atoms with van der Waals surface area (Å²) in [4.78, 5) is 2.32. The van der Waals surface area contributed by atoms with Crippen LogP contribution in [0.5, 0.6) is 5.75 Å². The standard InChI is InChI=1S/C14H22N2O2/c1-11-9-15-6-7-16(11)10-14(17)12-4-3-5-13(8-12)18-2/h3-5,8,11,14-15,17H,6-7,9-10H2,1-2H3/t11-,14?/m1/s1. The molecule has 100 valence electrons. The fraction of sp³-hybridized carbons (Fsp3) is 0.571. The van der Waals surface area contributed by atoms with Gasteiger partial charge in [-0.2, -0.15) is 0 Å². The van der Waals surface area contributed by atoms with Crippen molar-refractivity contribution in [1.82, 2.24) is 10.2 Å². The quantitative estimate of drug-likeness (QED) is 0.837. The zero-order chi connectivity index (χ0) is 13.0. The number of aliphatic hydroxyl groups is 1. The second-order valence-electron chi connectivity index (χ2n) is 4.84. The molecule has 2 atom stereocenters. The van der Waals surface area contributed by atoms with Gasteiger partial charge in [-0.3, -0.25) is 4.90 Å². The highest BCUT2D eigenvalue weighted by Gasteiger charge is 2.21. The van der Waals surface area contributed by atoms with E-state index >= 15 is 0 Å². The molecule has 2 rings (SSSR count). The molecule has 0 radical (unpaired) electrons. The molecule has 2 N–H and O–H groups in total. The molecule has 0 bridgehead atoms. The van der Waals surface area contributed by atoms with Crippen molar-refractivity contribution in [1.29, 1.82) is 0 Å². The van der Waals surface area contributed by atoms with Gasteiger partial charge in [0.1, 0.15) is 5.75 Å². The van der Waals surface area contributed by atoms with Crippen LogP contribution in [0.4, 0.5) is 0 Å². The van der Waals surface area contributed by atoms with Crippen LogP contribution in [0.15, 0.2) is 24.3 Å². The van der Waals surface area contributed by atoms with Crippen molar-refractivity contribution in [3.63, 3.8) is 0 Å². The summed E-state index contributed by atoms with van der Waals surface area (Å²) in [5.41, 5.74) is 0.917. The Balaban J connectivity index is 1.99. The Kier molecular flexibility index (Phi) is 4.58. The lowest BCUT2D eigenvalue weighted by molar-refractivity contribution is 0.0792. The number of β-amino-alcohol motifs (C(OH)–C–C–N with tert-alkyl or cyclic N) is 1. The number of benzene rings is 1. The van der Waals surface area contributed by atoms with Crippen LogP contribution >= 0.6 is 0 Å². The third-order valence-electron chi connectivity index (χ3n) is 3.52. The maximum absolute atomic E-state index is 10.3. The predicted octanol–water partition coefficient (Wildman–Crippen LogP) is 1.02. The van der Waals surface area contributed by atoms with Crippen LogP contribution in [0.2, 0.25) is 0 Å². The van der Waals surface area contributed by atoms with Crippen molar-refractivity contribution in [3.8, 4) is 5.75 Å². The zero-order valence-corrected chi connectivity index (χ0v) is 11.1. The third-order valence-corrected chi connectivity index (χ3v) is 3.52. The highest BCUT2D eigenvalue weighted by molar-refractivity contribution is 5.29. The molecular formula is C14H22N2O2. The van der Waals surface area contributed by atoms with E-state index in [1.54, 1.807) is 7.11 Å². The lowest BCUT2D eigenvalue weighted by Gasteiger charge is -2.35. The van der Waals surface area contributed by atoms with E-state index in [-0.39, 0.29) is 0 Å². The van der Waals surface area contributed by atoms with Crippen LogP contribution in [-0.4, -0.2) is 49.3 Å². The number of aliphatic hydroxyl groups excluding tert-OH is 1. The molecular weight excluding hydrogens is 228 g/mol. The molecule has 1 aromatic rings.